The third-order valence-electron chi connectivity index (χ3n) is 3.18. The van der Waals surface area contributed by atoms with Crippen LogP contribution in [0.3, 0.4) is 0 Å². The Bertz CT molecular complexity index is 297. The van der Waals surface area contributed by atoms with E-state index in [9.17, 15) is 0 Å². The summed E-state index contributed by atoms with van der Waals surface area (Å²) in [5.41, 5.74) is 2.62. The minimum Gasteiger partial charge on any atom is -0.316 e. The fourth-order valence-corrected chi connectivity index (χ4v) is 2.05. The maximum atomic E-state index is 4.40. The molecule has 1 aliphatic heterocycles. The monoisotopic (exact) mass is 193 g/mol. The molecule has 0 radical (unpaired) electrons. The van der Waals surface area contributed by atoms with Crippen LogP contribution in [0.5, 0.6) is 0 Å². The van der Waals surface area contributed by atoms with Crippen LogP contribution in [0.25, 0.3) is 0 Å². The summed E-state index contributed by atoms with van der Waals surface area (Å²) in [7, 11) is 0. The van der Waals surface area contributed by atoms with Crippen LogP contribution in [0.15, 0.2) is 6.20 Å². The highest BCUT2D eigenvalue weighted by atomic mass is 15.3. The Labute approximate surface area is 85.5 Å². The SMILES string of the molecule is Cc1cnn(CC2CCCNC2)c1C. The summed E-state index contributed by atoms with van der Waals surface area (Å²) in [6.07, 6.45) is 4.61. The van der Waals surface area contributed by atoms with E-state index in [1.165, 1.54) is 30.6 Å². The molecule has 1 atom stereocenters. The van der Waals surface area contributed by atoms with E-state index in [4.69, 9.17) is 0 Å². The van der Waals surface area contributed by atoms with Gasteiger partial charge in [-0.1, -0.05) is 0 Å². The summed E-state index contributed by atoms with van der Waals surface area (Å²) in [6, 6.07) is 0. The second kappa shape index (κ2) is 4.13. The lowest BCUT2D eigenvalue weighted by Gasteiger charge is -2.23. The van der Waals surface area contributed by atoms with Crippen LogP contribution >= 0.6 is 0 Å². The van der Waals surface area contributed by atoms with Crippen molar-refractivity contribution in [3.8, 4) is 0 Å². The van der Waals surface area contributed by atoms with Crippen LogP contribution in [-0.4, -0.2) is 22.9 Å². The lowest BCUT2D eigenvalue weighted by Crippen LogP contribution is -2.32. The molecule has 1 fully saturated rings. The Morgan fingerprint density at radius 1 is 1.57 bits per heavy atom. The number of rotatable bonds is 2. The number of piperidine rings is 1. The highest BCUT2D eigenvalue weighted by Gasteiger charge is 2.14. The molecule has 1 aromatic rings. The maximum absolute atomic E-state index is 4.40. The zero-order valence-electron chi connectivity index (χ0n) is 9.08. The van der Waals surface area contributed by atoms with Crippen molar-refractivity contribution in [2.45, 2.75) is 33.2 Å². The van der Waals surface area contributed by atoms with Crippen LogP contribution in [0.1, 0.15) is 24.1 Å². The molecule has 1 aromatic heterocycles. The number of nitrogens with one attached hydrogen (secondary N) is 1. The second-order valence-electron chi connectivity index (χ2n) is 4.31. The Kier molecular flexibility index (Phi) is 2.87. The first kappa shape index (κ1) is 9.71. The Balaban J connectivity index is 1.99. The Morgan fingerprint density at radius 3 is 3.00 bits per heavy atom. The molecule has 78 valence electrons. The van der Waals surface area contributed by atoms with Crippen molar-refractivity contribution in [1.82, 2.24) is 15.1 Å². The van der Waals surface area contributed by atoms with Gasteiger partial charge in [0.05, 0.1) is 6.20 Å². The summed E-state index contributed by atoms with van der Waals surface area (Å²) >= 11 is 0. The van der Waals surface area contributed by atoms with E-state index < -0.39 is 0 Å². The zero-order chi connectivity index (χ0) is 9.97. The summed E-state index contributed by atoms with van der Waals surface area (Å²) in [4.78, 5) is 0. The topological polar surface area (TPSA) is 29.9 Å². The van der Waals surface area contributed by atoms with E-state index in [0.29, 0.717) is 0 Å². The van der Waals surface area contributed by atoms with Gasteiger partial charge < -0.3 is 5.32 Å². The molecule has 2 heterocycles. The van der Waals surface area contributed by atoms with Gasteiger partial charge in [0.2, 0.25) is 0 Å². The van der Waals surface area contributed by atoms with Crippen LogP contribution in [0.4, 0.5) is 0 Å². The number of hydrogen-bond donors (Lipinski definition) is 1. The molecule has 0 spiro atoms. The van der Waals surface area contributed by atoms with Crippen LogP contribution in [0.2, 0.25) is 0 Å². The van der Waals surface area contributed by atoms with E-state index in [1.807, 2.05) is 6.20 Å². The molecule has 2 rings (SSSR count). The average Bonchev–Trinajstić information content (AvgIpc) is 2.52. The van der Waals surface area contributed by atoms with Crippen molar-refractivity contribution in [3.63, 3.8) is 0 Å². The molecule has 14 heavy (non-hydrogen) atoms. The number of aromatic nitrogens is 2. The van der Waals surface area contributed by atoms with Crippen LogP contribution in [-0.2, 0) is 6.54 Å². The zero-order valence-corrected chi connectivity index (χ0v) is 9.08. The fraction of sp³-hybridized carbons (Fsp3) is 0.727. The predicted molar refractivity (Wildman–Crippen MR) is 57.3 cm³/mol. The van der Waals surface area contributed by atoms with Gasteiger partial charge in [-0.15, -0.1) is 0 Å². The third-order valence-corrected chi connectivity index (χ3v) is 3.18. The molecule has 3 heteroatoms. The van der Waals surface area contributed by atoms with Gasteiger partial charge in [-0.2, -0.15) is 5.10 Å². The Morgan fingerprint density at radius 2 is 2.43 bits per heavy atom. The van der Waals surface area contributed by atoms with E-state index >= 15 is 0 Å². The first-order valence-corrected chi connectivity index (χ1v) is 5.47. The summed E-state index contributed by atoms with van der Waals surface area (Å²) in [5.74, 6) is 0.766. The molecule has 0 aromatic carbocycles. The maximum Gasteiger partial charge on any atom is 0.0521 e. The highest BCUT2D eigenvalue weighted by Crippen LogP contribution is 2.14. The van der Waals surface area contributed by atoms with Crippen LogP contribution in [0, 0.1) is 19.8 Å². The molecule has 1 aliphatic rings. The molecule has 1 unspecified atom stereocenters. The molecule has 1 saturated heterocycles. The number of nitrogens with zero attached hydrogens (tertiary/aromatic N) is 2. The molecule has 3 nitrogen and oxygen atoms in total. The standard InChI is InChI=1S/C11H19N3/c1-9-6-13-14(10(9)2)8-11-4-3-5-12-7-11/h6,11-12H,3-5,7-8H2,1-2H3. The van der Waals surface area contributed by atoms with Gasteiger partial charge in [-0.25, -0.2) is 0 Å². The minimum absolute atomic E-state index is 0.766. The molecule has 0 aliphatic carbocycles. The van der Waals surface area contributed by atoms with Gasteiger partial charge in [0.15, 0.2) is 0 Å². The van der Waals surface area contributed by atoms with E-state index in [2.05, 4.69) is 28.9 Å². The summed E-state index contributed by atoms with van der Waals surface area (Å²) in [6.45, 7) is 7.69. The average molecular weight is 193 g/mol. The minimum atomic E-state index is 0.766. The Hall–Kier alpha value is -0.830. The summed E-state index contributed by atoms with van der Waals surface area (Å²) < 4.78 is 2.15. The lowest BCUT2D eigenvalue weighted by molar-refractivity contribution is 0.322. The van der Waals surface area contributed by atoms with Crippen LogP contribution < -0.4 is 5.32 Å². The van der Waals surface area contributed by atoms with E-state index in [-0.39, 0.29) is 0 Å². The molecule has 0 saturated carbocycles. The normalized spacial score (nSPS) is 22.6. The van der Waals surface area contributed by atoms with Gasteiger partial charge in [-0.05, 0) is 51.3 Å². The smallest absolute Gasteiger partial charge is 0.0521 e. The number of aryl methyl sites for hydroxylation is 1. The predicted octanol–water partition coefficient (Wildman–Crippen LogP) is 1.50. The molecule has 0 amide bonds. The van der Waals surface area contributed by atoms with Gasteiger partial charge in [0.25, 0.3) is 0 Å². The largest absolute Gasteiger partial charge is 0.316 e. The van der Waals surface area contributed by atoms with Gasteiger partial charge in [-0.3, -0.25) is 4.68 Å². The first-order valence-electron chi connectivity index (χ1n) is 5.47. The lowest BCUT2D eigenvalue weighted by atomic mass is 10.00. The quantitative estimate of drug-likeness (QED) is 0.771. The van der Waals surface area contributed by atoms with Crippen molar-refractivity contribution in [1.29, 1.82) is 0 Å². The van der Waals surface area contributed by atoms with Gasteiger partial charge in [0.1, 0.15) is 0 Å². The molecule has 1 N–H and O–H groups in total. The van der Waals surface area contributed by atoms with E-state index in [1.54, 1.807) is 0 Å². The van der Waals surface area contributed by atoms with Gasteiger partial charge in [0, 0.05) is 12.2 Å². The third kappa shape index (κ3) is 1.98. The van der Waals surface area contributed by atoms with Crippen molar-refractivity contribution < 1.29 is 0 Å². The number of hydrogen-bond acceptors (Lipinski definition) is 2. The molecular formula is C11H19N3. The fourth-order valence-electron chi connectivity index (χ4n) is 2.05. The van der Waals surface area contributed by atoms with Crippen molar-refractivity contribution in [2.75, 3.05) is 13.1 Å². The van der Waals surface area contributed by atoms with Crippen molar-refractivity contribution in [3.05, 3.63) is 17.5 Å². The molecular weight excluding hydrogens is 174 g/mol. The van der Waals surface area contributed by atoms with Crippen molar-refractivity contribution in [2.24, 2.45) is 5.92 Å². The molecule has 0 bridgehead atoms. The second-order valence-corrected chi connectivity index (χ2v) is 4.31. The summed E-state index contributed by atoms with van der Waals surface area (Å²) in [5, 5.41) is 7.84. The van der Waals surface area contributed by atoms with E-state index in [0.717, 1.165) is 19.0 Å². The van der Waals surface area contributed by atoms with Crippen molar-refractivity contribution >= 4 is 0 Å². The first-order chi connectivity index (χ1) is 6.77. The highest BCUT2D eigenvalue weighted by molar-refractivity contribution is 5.13. The van der Waals surface area contributed by atoms with Gasteiger partial charge >= 0.3 is 0 Å².